The third-order valence-corrected chi connectivity index (χ3v) is 6.03. The maximum Gasteiger partial charge on any atom is 0.152 e. The second-order valence-electron chi connectivity index (χ2n) is 7.29. The van der Waals surface area contributed by atoms with Gasteiger partial charge in [0.05, 0.1) is 0 Å². The average Bonchev–Trinajstić information content (AvgIpc) is 3.02. The zero-order chi connectivity index (χ0) is 15.8. The minimum Gasteiger partial charge on any atom is -0.299 e. The minimum absolute atomic E-state index is 0.00519. The van der Waals surface area contributed by atoms with E-state index in [0.717, 1.165) is 35.1 Å². The first-order valence-corrected chi connectivity index (χ1v) is 8.10. The molecule has 1 aromatic rings. The van der Waals surface area contributed by atoms with Crippen molar-refractivity contribution < 1.29 is 14.4 Å². The van der Waals surface area contributed by atoms with Crippen molar-refractivity contribution in [2.75, 3.05) is 0 Å². The van der Waals surface area contributed by atoms with Crippen molar-refractivity contribution in [2.45, 2.75) is 39.5 Å². The summed E-state index contributed by atoms with van der Waals surface area (Å²) in [6, 6.07) is 4.08. The number of benzene rings is 1. The minimum atomic E-state index is -0.633. The summed E-state index contributed by atoms with van der Waals surface area (Å²) in [5.41, 5.74) is 4.07. The van der Waals surface area contributed by atoms with Crippen LogP contribution in [0.4, 0.5) is 0 Å². The largest absolute Gasteiger partial charge is 0.299 e. The molecule has 0 N–H and O–H groups in total. The Morgan fingerprint density at radius 2 is 1.23 bits per heavy atom. The molecule has 1 aromatic carbocycles. The number of hydrogen-bond donors (Lipinski definition) is 0. The molecule has 0 radical (unpaired) electrons. The van der Waals surface area contributed by atoms with Gasteiger partial charge in [0.1, 0.15) is 11.7 Å². The molecule has 22 heavy (non-hydrogen) atoms. The van der Waals surface area contributed by atoms with Crippen LogP contribution in [-0.2, 0) is 14.4 Å². The van der Waals surface area contributed by atoms with Crippen LogP contribution in [0.1, 0.15) is 41.0 Å². The molecule has 5 atom stereocenters. The number of hydrogen-bond acceptors (Lipinski definition) is 3. The summed E-state index contributed by atoms with van der Waals surface area (Å²) in [5.74, 6) is -1.46. The van der Waals surface area contributed by atoms with Crippen LogP contribution in [0.5, 0.6) is 0 Å². The molecular formula is C19H20O3. The molecule has 0 spiro atoms. The van der Waals surface area contributed by atoms with Gasteiger partial charge in [-0.25, -0.2) is 0 Å². The first kappa shape index (κ1) is 13.9. The van der Waals surface area contributed by atoms with Gasteiger partial charge in [0.15, 0.2) is 11.6 Å². The summed E-state index contributed by atoms with van der Waals surface area (Å²) in [6.45, 7) is 5.98. The highest BCUT2D eigenvalue weighted by Crippen LogP contribution is 2.57. The molecule has 114 valence electrons. The summed E-state index contributed by atoms with van der Waals surface area (Å²) >= 11 is 0. The van der Waals surface area contributed by atoms with Crippen LogP contribution in [0.3, 0.4) is 0 Å². The molecule has 0 aromatic heterocycles. The smallest absolute Gasteiger partial charge is 0.152 e. The summed E-state index contributed by atoms with van der Waals surface area (Å²) in [6.07, 6.45) is 1.59. The highest BCUT2D eigenvalue weighted by atomic mass is 16.2. The summed E-state index contributed by atoms with van der Waals surface area (Å²) in [4.78, 5) is 38.1. The van der Waals surface area contributed by atoms with Gasteiger partial charge in [0.2, 0.25) is 0 Å². The van der Waals surface area contributed by atoms with Gasteiger partial charge in [-0.05, 0) is 50.3 Å². The van der Waals surface area contributed by atoms with E-state index in [4.69, 9.17) is 0 Å². The summed E-state index contributed by atoms with van der Waals surface area (Å²) < 4.78 is 0. The molecule has 4 rings (SSSR count). The first-order chi connectivity index (χ1) is 10.4. The number of carbonyl (C=O) groups is 3. The van der Waals surface area contributed by atoms with Gasteiger partial charge >= 0.3 is 0 Å². The third-order valence-electron chi connectivity index (χ3n) is 6.03. The van der Waals surface area contributed by atoms with Crippen molar-refractivity contribution in [1.29, 1.82) is 0 Å². The normalized spacial score (nSPS) is 36.3. The number of fused-ring (bicyclic) bond motifs is 5. The van der Waals surface area contributed by atoms with Gasteiger partial charge in [-0.1, -0.05) is 17.7 Å². The fourth-order valence-corrected chi connectivity index (χ4v) is 5.34. The molecule has 3 saturated carbocycles. The predicted molar refractivity (Wildman–Crippen MR) is 81.6 cm³/mol. The van der Waals surface area contributed by atoms with E-state index in [9.17, 15) is 14.4 Å². The van der Waals surface area contributed by atoms with Crippen LogP contribution in [-0.4, -0.2) is 17.3 Å². The first-order valence-electron chi connectivity index (χ1n) is 8.10. The Labute approximate surface area is 130 Å². The molecule has 0 heterocycles. The third kappa shape index (κ3) is 1.54. The molecule has 3 fully saturated rings. The maximum atomic E-state index is 12.9. The van der Waals surface area contributed by atoms with Crippen molar-refractivity contribution in [1.82, 2.24) is 0 Å². The SMILES string of the molecule is Cc1cc(C)c(C2C(=O)C3C(C2=O)[C@H]2CC[C@@H]3C2=O)c(C)c1. The van der Waals surface area contributed by atoms with Crippen molar-refractivity contribution >= 4 is 17.3 Å². The van der Waals surface area contributed by atoms with Crippen molar-refractivity contribution in [3.05, 3.63) is 34.4 Å². The Balaban J connectivity index is 1.82. The van der Waals surface area contributed by atoms with Gasteiger partial charge in [0.25, 0.3) is 0 Å². The predicted octanol–water partition coefficient (Wildman–Crippen LogP) is 2.69. The van der Waals surface area contributed by atoms with Gasteiger partial charge in [-0.15, -0.1) is 0 Å². The molecular weight excluding hydrogens is 276 g/mol. The van der Waals surface area contributed by atoms with E-state index in [1.807, 2.05) is 32.9 Å². The van der Waals surface area contributed by atoms with Crippen molar-refractivity contribution in [2.24, 2.45) is 23.7 Å². The standard InChI is InChI=1S/C19H20O3/c1-8-6-9(2)13(10(3)7-8)16-18(21)14-11-4-5-12(17(11)20)15(14)19(16)22/h6-7,11-12,14-16H,4-5H2,1-3H3/t11-,12+,14?,15?,16?. The molecule has 0 saturated heterocycles. The van der Waals surface area contributed by atoms with Crippen molar-refractivity contribution in [3.63, 3.8) is 0 Å². The second-order valence-corrected chi connectivity index (χ2v) is 7.29. The maximum absolute atomic E-state index is 12.9. The van der Waals surface area contributed by atoms with Crippen LogP contribution < -0.4 is 0 Å². The van der Waals surface area contributed by atoms with Crippen LogP contribution >= 0.6 is 0 Å². The Kier molecular flexibility index (Phi) is 2.76. The van der Waals surface area contributed by atoms with E-state index in [1.165, 1.54) is 0 Å². The molecule has 0 amide bonds. The lowest BCUT2D eigenvalue weighted by Gasteiger charge is -2.19. The highest BCUT2D eigenvalue weighted by molar-refractivity contribution is 6.20. The molecule has 3 nitrogen and oxygen atoms in total. The Bertz CT molecular complexity index is 675. The Morgan fingerprint density at radius 1 is 0.773 bits per heavy atom. The van der Waals surface area contributed by atoms with Gasteiger partial charge in [0, 0.05) is 23.7 Å². The zero-order valence-electron chi connectivity index (χ0n) is 13.2. The van der Waals surface area contributed by atoms with Crippen LogP contribution in [0.15, 0.2) is 12.1 Å². The topological polar surface area (TPSA) is 51.2 Å². The van der Waals surface area contributed by atoms with E-state index in [0.29, 0.717) is 0 Å². The van der Waals surface area contributed by atoms with Crippen LogP contribution in [0.25, 0.3) is 0 Å². The van der Waals surface area contributed by atoms with Crippen molar-refractivity contribution in [3.8, 4) is 0 Å². The molecule has 3 aliphatic rings. The number of aryl methyl sites for hydroxylation is 3. The monoisotopic (exact) mass is 296 g/mol. The Hall–Kier alpha value is -1.77. The molecule has 2 bridgehead atoms. The van der Waals surface area contributed by atoms with Gasteiger partial charge in [-0.2, -0.15) is 0 Å². The number of carbonyl (C=O) groups excluding carboxylic acids is 3. The number of Topliss-reactive ketones (excluding diaryl/α,β-unsaturated/α-hetero) is 3. The highest BCUT2D eigenvalue weighted by Gasteiger charge is 2.65. The fraction of sp³-hybridized carbons (Fsp3) is 0.526. The van der Waals surface area contributed by atoms with E-state index in [2.05, 4.69) is 0 Å². The summed E-state index contributed by atoms with van der Waals surface area (Å²) in [7, 11) is 0. The van der Waals surface area contributed by atoms with E-state index in [-0.39, 0.29) is 41.0 Å². The lowest BCUT2D eigenvalue weighted by Crippen LogP contribution is -2.24. The lowest BCUT2D eigenvalue weighted by atomic mass is 9.81. The number of rotatable bonds is 1. The molecule has 3 heteroatoms. The fourth-order valence-electron chi connectivity index (χ4n) is 5.34. The second kappa shape index (κ2) is 4.37. The van der Waals surface area contributed by atoms with Gasteiger partial charge in [-0.3, -0.25) is 14.4 Å². The molecule has 0 aliphatic heterocycles. The van der Waals surface area contributed by atoms with Crippen LogP contribution in [0.2, 0.25) is 0 Å². The van der Waals surface area contributed by atoms with E-state index >= 15 is 0 Å². The zero-order valence-corrected chi connectivity index (χ0v) is 13.2. The molecule has 3 aliphatic carbocycles. The quantitative estimate of drug-likeness (QED) is 0.749. The van der Waals surface area contributed by atoms with E-state index in [1.54, 1.807) is 0 Å². The Morgan fingerprint density at radius 3 is 1.68 bits per heavy atom. The van der Waals surface area contributed by atoms with Crippen LogP contribution in [0, 0.1) is 44.4 Å². The van der Waals surface area contributed by atoms with E-state index < -0.39 is 5.92 Å². The number of ketones is 3. The molecule has 3 unspecified atom stereocenters. The average molecular weight is 296 g/mol. The van der Waals surface area contributed by atoms with Gasteiger partial charge < -0.3 is 0 Å². The summed E-state index contributed by atoms with van der Waals surface area (Å²) in [5, 5.41) is 0. The lowest BCUT2D eigenvalue weighted by molar-refractivity contribution is -0.130.